The number of carbonyl (C=O) groups excluding carboxylic acids is 1. The summed E-state index contributed by atoms with van der Waals surface area (Å²) in [6.07, 6.45) is 0.0412. The van der Waals surface area contributed by atoms with Gasteiger partial charge in [0.25, 0.3) is 0 Å². The Bertz CT molecular complexity index is 494. The van der Waals surface area contributed by atoms with Crippen molar-refractivity contribution in [3.8, 4) is 5.75 Å². The Morgan fingerprint density at radius 1 is 1.53 bits per heavy atom. The maximum absolute atomic E-state index is 11.9. The van der Waals surface area contributed by atoms with Gasteiger partial charge in [0.1, 0.15) is 11.4 Å². The molecule has 0 saturated heterocycles. The minimum Gasteiger partial charge on any atom is -0.484 e. The Kier molecular flexibility index (Phi) is 2.63. The highest BCUT2D eigenvalue weighted by molar-refractivity contribution is 6.02. The Morgan fingerprint density at radius 2 is 2.24 bits per heavy atom. The fraction of sp³-hybridized carbons (Fsp3) is 0.333. The van der Waals surface area contributed by atoms with Crippen molar-refractivity contribution in [2.24, 2.45) is 0 Å². The van der Waals surface area contributed by atoms with E-state index in [1.807, 2.05) is 0 Å². The summed E-state index contributed by atoms with van der Waals surface area (Å²) in [6, 6.07) is 4.12. The van der Waals surface area contributed by atoms with Gasteiger partial charge in [0.15, 0.2) is 5.78 Å². The lowest BCUT2D eigenvalue weighted by Gasteiger charge is -2.33. The average molecular weight is 236 g/mol. The molecule has 5 nitrogen and oxygen atoms in total. The number of fused-ring (bicyclic) bond motifs is 1. The lowest BCUT2D eigenvalue weighted by atomic mass is 9.91. The van der Waals surface area contributed by atoms with E-state index < -0.39 is 11.6 Å². The van der Waals surface area contributed by atoms with E-state index in [1.165, 1.54) is 18.2 Å². The van der Waals surface area contributed by atoms with Gasteiger partial charge in [0.05, 0.1) is 24.2 Å². The second-order valence-corrected chi connectivity index (χ2v) is 4.33. The number of aliphatic hydroxyl groups excluding tert-OH is 1. The van der Waals surface area contributed by atoms with Crippen molar-refractivity contribution in [3.05, 3.63) is 29.3 Å². The van der Waals surface area contributed by atoms with Crippen molar-refractivity contribution in [1.29, 1.82) is 0 Å². The zero-order valence-corrected chi connectivity index (χ0v) is 9.27. The number of benzene rings is 1. The smallest absolute Gasteiger partial charge is 0.335 e. The summed E-state index contributed by atoms with van der Waals surface area (Å²) in [5.74, 6) is -0.982. The first kappa shape index (κ1) is 11.6. The molecule has 0 spiro atoms. The maximum Gasteiger partial charge on any atom is 0.335 e. The number of carbonyl (C=O) groups is 2. The van der Waals surface area contributed by atoms with E-state index >= 15 is 0 Å². The average Bonchev–Trinajstić information content (AvgIpc) is 2.28. The first-order valence-electron chi connectivity index (χ1n) is 5.16. The molecule has 2 N–H and O–H groups in total. The first-order chi connectivity index (χ1) is 7.95. The predicted molar refractivity (Wildman–Crippen MR) is 58.5 cm³/mol. The summed E-state index contributed by atoms with van der Waals surface area (Å²) >= 11 is 0. The quantitative estimate of drug-likeness (QED) is 0.803. The number of aromatic carboxylic acids is 1. The minimum atomic E-state index is -1.09. The molecule has 2 rings (SSSR count). The fourth-order valence-corrected chi connectivity index (χ4v) is 1.79. The van der Waals surface area contributed by atoms with Crippen LogP contribution in [0.4, 0.5) is 0 Å². The van der Waals surface area contributed by atoms with Crippen LogP contribution in [-0.4, -0.2) is 34.2 Å². The SMILES string of the molecule is C[C@@]1(CO)CC(=O)c2cc(C(=O)O)ccc2O1. The Hall–Kier alpha value is -1.88. The van der Waals surface area contributed by atoms with E-state index in [-0.39, 0.29) is 29.9 Å². The predicted octanol–water partition coefficient (Wildman–Crippen LogP) is 1.10. The van der Waals surface area contributed by atoms with Crippen molar-refractivity contribution >= 4 is 11.8 Å². The third-order valence-electron chi connectivity index (χ3n) is 2.75. The number of aliphatic hydroxyl groups is 1. The van der Waals surface area contributed by atoms with Gasteiger partial charge in [0, 0.05) is 0 Å². The molecule has 0 bridgehead atoms. The maximum atomic E-state index is 11.9. The molecule has 0 radical (unpaired) electrons. The van der Waals surface area contributed by atoms with Crippen LogP contribution in [0.1, 0.15) is 34.1 Å². The molecule has 1 aromatic carbocycles. The van der Waals surface area contributed by atoms with Gasteiger partial charge in [-0.2, -0.15) is 0 Å². The van der Waals surface area contributed by atoms with Crippen LogP contribution in [0.25, 0.3) is 0 Å². The van der Waals surface area contributed by atoms with Crippen molar-refractivity contribution in [3.63, 3.8) is 0 Å². The van der Waals surface area contributed by atoms with Crippen LogP contribution in [-0.2, 0) is 0 Å². The largest absolute Gasteiger partial charge is 0.484 e. The van der Waals surface area contributed by atoms with E-state index in [9.17, 15) is 9.59 Å². The van der Waals surface area contributed by atoms with Gasteiger partial charge >= 0.3 is 5.97 Å². The summed E-state index contributed by atoms with van der Waals surface area (Å²) < 4.78 is 5.51. The summed E-state index contributed by atoms with van der Waals surface area (Å²) in [5.41, 5.74) is -0.612. The van der Waals surface area contributed by atoms with Crippen LogP contribution < -0.4 is 4.74 Å². The van der Waals surface area contributed by atoms with Crippen LogP contribution in [0.2, 0.25) is 0 Å². The Morgan fingerprint density at radius 3 is 2.82 bits per heavy atom. The highest BCUT2D eigenvalue weighted by Crippen LogP contribution is 2.33. The van der Waals surface area contributed by atoms with Crippen molar-refractivity contribution in [2.45, 2.75) is 18.9 Å². The lowest BCUT2D eigenvalue weighted by molar-refractivity contribution is 0.0109. The van der Waals surface area contributed by atoms with Gasteiger partial charge in [-0.05, 0) is 25.1 Å². The molecule has 0 amide bonds. The number of rotatable bonds is 2. The molecule has 1 atom stereocenters. The van der Waals surface area contributed by atoms with E-state index in [4.69, 9.17) is 14.9 Å². The van der Waals surface area contributed by atoms with Crippen LogP contribution >= 0.6 is 0 Å². The van der Waals surface area contributed by atoms with Crippen LogP contribution in [0, 0.1) is 0 Å². The molecule has 17 heavy (non-hydrogen) atoms. The number of carboxylic acid groups (broad SMARTS) is 1. The standard InChI is InChI=1S/C12H12O5/c1-12(6-13)5-9(14)8-4-7(11(15)16)2-3-10(8)17-12/h2-4,13H,5-6H2,1H3,(H,15,16)/t12-/m0/s1. The molecule has 1 aliphatic heterocycles. The monoisotopic (exact) mass is 236 g/mol. The van der Waals surface area contributed by atoms with Gasteiger partial charge in [-0.3, -0.25) is 4.79 Å². The molecule has 0 unspecified atom stereocenters. The second-order valence-electron chi connectivity index (χ2n) is 4.33. The van der Waals surface area contributed by atoms with Crippen molar-refractivity contribution in [2.75, 3.05) is 6.61 Å². The third kappa shape index (κ3) is 2.01. The summed E-state index contributed by atoms with van der Waals surface area (Å²) in [7, 11) is 0. The van der Waals surface area contributed by atoms with E-state index in [2.05, 4.69) is 0 Å². The lowest BCUT2D eigenvalue weighted by Crippen LogP contribution is -2.42. The van der Waals surface area contributed by atoms with Crippen molar-refractivity contribution < 1.29 is 24.5 Å². The molecule has 1 heterocycles. The molecule has 1 aromatic rings. The van der Waals surface area contributed by atoms with Crippen LogP contribution in [0.3, 0.4) is 0 Å². The summed E-state index contributed by atoms with van der Waals surface area (Å²) in [4.78, 5) is 22.6. The van der Waals surface area contributed by atoms with Gasteiger partial charge in [0.2, 0.25) is 0 Å². The first-order valence-corrected chi connectivity index (χ1v) is 5.16. The highest BCUT2D eigenvalue weighted by atomic mass is 16.5. The molecular weight excluding hydrogens is 224 g/mol. The number of hydrogen-bond acceptors (Lipinski definition) is 4. The number of ether oxygens (including phenoxy) is 1. The van der Waals surface area contributed by atoms with Gasteiger partial charge in [-0.1, -0.05) is 0 Å². The van der Waals surface area contributed by atoms with E-state index in [0.29, 0.717) is 5.75 Å². The molecular formula is C12H12O5. The topological polar surface area (TPSA) is 83.8 Å². The Balaban J connectivity index is 2.45. The van der Waals surface area contributed by atoms with Crippen molar-refractivity contribution in [1.82, 2.24) is 0 Å². The van der Waals surface area contributed by atoms with Crippen LogP contribution in [0.15, 0.2) is 18.2 Å². The molecule has 0 aromatic heterocycles. The molecule has 1 aliphatic rings. The zero-order chi connectivity index (χ0) is 12.6. The number of ketones is 1. The molecule has 0 fully saturated rings. The van der Waals surface area contributed by atoms with Crippen LogP contribution in [0.5, 0.6) is 5.75 Å². The molecule has 90 valence electrons. The number of Topliss-reactive ketones (excluding diaryl/α,β-unsaturated/α-hetero) is 1. The molecule has 0 aliphatic carbocycles. The number of carboxylic acids is 1. The van der Waals surface area contributed by atoms with E-state index in [0.717, 1.165) is 0 Å². The van der Waals surface area contributed by atoms with Gasteiger partial charge in [-0.25, -0.2) is 4.79 Å². The number of hydrogen-bond donors (Lipinski definition) is 2. The fourth-order valence-electron chi connectivity index (χ4n) is 1.79. The van der Waals surface area contributed by atoms with E-state index in [1.54, 1.807) is 6.92 Å². The van der Waals surface area contributed by atoms with Gasteiger partial charge < -0.3 is 14.9 Å². The molecule has 5 heteroatoms. The minimum absolute atomic E-state index is 0.0412. The highest BCUT2D eigenvalue weighted by Gasteiger charge is 2.36. The second kappa shape index (κ2) is 3.85. The third-order valence-corrected chi connectivity index (χ3v) is 2.75. The summed E-state index contributed by atoms with van der Waals surface area (Å²) in [5, 5.41) is 18.0. The Labute approximate surface area is 97.6 Å². The van der Waals surface area contributed by atoms with Gasteiger partial charge in [-0.15, -0.1) is 0 Å². The summed E-state index contributed by atoms with van der Waals surface area (Å²) in [6.45, 7) is 1.37. The zero-order valence-electron chi connectivity index (χ0n) is 9.27. The normalized spacial score (nSPS) is 22.8. The molecule has 0 saturated carbocycles.